The fraction of sp³-hybridized carbons (Fsp3) is 0.174. The molecule has 0 aromatic heterocycles. The molecule has 0 saturated carbocycles. The molecule has 0 bridgehead atoms. The molecule has 28 heavy (non-hydrogen) atoms. The first-order chi connectivity index (χ1) is 13.3. The minimum absolute atomic E-state index is 0. The fourth-order valence-electron chi connectivity index (χ4n) is 3.00. The zero-order valence-corrected chi connectivity index (χ0v) is 16.4. The van der Waals surface area contributed by atoms with E-state index in [9.17, 15) is 0 Å². The van der Waals surface area contributed by atoms with E-state index in [1.54, 1.807) is 0 Å². The van der Waals surface area contributed by atoms with Crippen LogP contribution in [-0.2, 0) is 13.0 Å². The number of hydrogen-bond donors (Lipinski definition) is 2. The summed E-state index contributed by atoms with van der Waals surface area (Å²) < 4.78 is 5.85. The second-order valence-corrected chi connectivity index (χ2v) is 6.57. The molecule has 4 rings (SSSR count). The standard InChI is InChI=1S/C23H23N3O.ClH/c1-2-4-20(5-3-1)17-27-22-12-8-19(9-13-22)16-18-6-10-21(11-7-18)26-23-24-14-15-25-23;/h1-13H,14-17H2,(H2,24,25,26);1H. The van der Waals surface area contributed by atoms with Crippen LogP contribution in [0.2, 0.25) is 0 Å². The largest absolute Gasteiger partial charge is 0.489 e. The molecule has 3 aromatic carbocycles. The Hall–Kier alpha value is -2.98. The van der Waals surface area contributed by atoms with Crippen LogP contribution in [0.15, 0.2) is 83.9 Å². The van der Waals surface area contributed by atoms with Crippen molar-refractivity contribution < 1.29 is 4.74 Å². The zero-order chi connectivity index (χ0) is 18.3. The van der Waals surface area contributed by atoms with Gasteiger partial charge in [-0.2, -0.15) is 0 Å². The predicted molar refractivity (Wildman–Crippen MR) is 118 cm³/mol. The molecule has 5 heteroatoms. The smallest absolute Gasteiger partial charge is 0.195 e. The third kappa shape index (κ3) is 5.51. The Kier molecular flexibility index (Phi) is 6.93. The maximum absolute atomic E-state index is 5.85. The lowest BCUT2D eigenvalue weighted by Crippen LogP contribution is -2.26. The molecule has 4 nitrogen and oxygen atoms in total. The number of hydrogen-bond acceptors (Lipinski definition) is 4. The average Bonchev–Trinajstić information content (AvgIpc) is 3.23. The number of ether oxygens (including phenoxy) is 1. The van der Waals surface area contributed by atoms with Crippen molar-refractivity contribution in [3.8, 4) is 5.75 Å². The van der Waals surface area contributed by atoms with Crippen LogP contribution >= 0.6 is 12.4 Å². The monoisotopic (exact) mass is 393 g/mol. The predicted octanol–water partition coefficient (Wildman–Crippen LogP) is 4.65. The van der Waals surface area contributed by atoms with Gasteiger partial charge in [0.05, 0.1) is 6.54 Å². The zero-order valence-electron chi connectivity index (χ0n) is 15.6. The van der Waals surface area contributed by atoms with Gasteiger partial charge < -0.3 is 15.4 Å². The van der Waals surface area contributed by atoms with Gasteiger partial charge in [-0.15, -0.1) is 12.4 Å². The van der Waals surface area contributed by atoms with E-state index in [2.05, 4.69) is 64.2 Å². The highest BCUT2D eigenvalue weighted by Gasteiger charge is 2.05. The van der Waals surface area contributed by atoms with Crippen LogP contribution in [0.3, 0.4) is 0 Å². The summed E-state index contributed by atoms with van der Waals surface area (Å²) in [6.07, 6.45) is 0.901. The maximum atomic E-state index is 5.85. The van der Waals surface area contributed by atoms with E-state index in [0.29, 0.717) is 6.61 Å². The van der Waals surface area contributed by atoms with Crippen molar-refractivity contribution in [2.45, 2.75) is 13.0 Å². The number of anilines is 1. The van der Waals surface area contributed by atoms with Gasteiger partial charge in [0.25, 0.3) is 0 Å². The number of nitrogens with one attached hydrogen (secondary N) is 2. The van der Waals surface area contributed by atoms with E-state index in [4.69, 9.17) is 4.74 Å². The van der Waals surface area contributed by atoms with Gasteiger partial charge in [0.15, 0.2) is 5.96 Å². The van der Waals surface area contributed by atoms with Crippen molar-refractivity contribution in [1.82, 2.24) is 5.32 Å². The van der Waals surface area contributed by atoms with Crippen molar-refractivity contribution in [2.75, 3.05) is 18.4 Å². The molecule has 1 heterocycles. The van der Waals surface area contributed by atoms with E-state index in [-0.39, 0.29) is 12.4 Å². The molecule has 0 amide bonds. The Labute approximate surface area is 172 Å². The first kappa shape index (κ1) is 19.8. The van der Waals surface area contributed by atoms with Crippen LogP contribution in [-0.4, -0.2) is 19.0 Å². The van der Waals surface area contributed by atoms with Gasteiger partial charge in [-0.1, -0.05) is 54.6 Å². The molecule has 144 valence electrons. The van der Waals surface area contributed by atoms with Crippen LogP contribution in [0.4, 0.5) is 5.69 Å². The van der Waals surface area contributed by atoms with Gasteiger partial charge in [-0.25, -0.2) is 0 Å². The third-order valence-electron chi connectivity index (χ3n) is 4.47. The number of halogens is 1. The van der Waals surface area contributed by atoms with Crippen molar-refractivity contribution >= 4 is 24.1 Å². The normalized spacial score (nSPS) is 12.5. The van der Waals surface area contributed by atoms with Gasteiger partial charge in [-0.05, 0) is 47.4 Å². The Balaban J connectivity index is 0.00000225. The van der Waals surface area contributed by atoms with Gasteiger partial charge >= 0.3 is 0 Å². The summed E-state index contributed by atoms with van der Waals surface area (Å²) in [6, 6.07) is 27.0. The molecule has 0 fully saturated rings. The molecular weight excluding hydrogens is 370 g/mol. The highest BCUT2D eigenvalue weighted by Crippen LogP contribution is 2.18. The van der Waals surface area contributed by atoms with Crippen LogP contribution in [0.25, 0.3) is 0 Å². The molecule has 0 spiro atoms. The van der Waals surface area contributed by atoms with Crippen LogP contribution in [0.1, 0.15) is 16.7 Å². The Bertz CT molecular complexity index is 893. The molecule has 0 aliphatic carbocycles. The van der Waals surface area contributed by atoms with Crippen LogP contribution in [0.5, 0.6) is 5.75 Å². The summed E-state index contributed by atoms with van der Waals surface area (Å²) >= 11 is 0. The fourth-order valence-corrected chi connectivity index (χ4v) is 3.00. The minimum Gasteiger partial charge on any atom is -0.489 e. The molecule has 1 aliphatic rings. The van der Waals surface area contributed by atoms with Gasteiger partial charge in [0.1, 0.15) is 12.4 Å². The average molecular weight is 394 g/mol. The number of nitrogens with zero attached hydrogens (tertiary/aromatic N) is 1. The van der Waals surface area contributed by atoms with Crippen molar-refractivity contribution in [3.63, 3.8) is 0 Å². The highest BCUT2D eigenvalue weighted by molar-refractivity contribution is 5.94. The topological polar surface area (TPSA) is 45.6 Å². The summed E-state index contributed by atoms with van der Waals surface area (Å²) in [6.45, 7) is 2.34. The minimum atomic E-state index is 0. The SMILES string of the molecule is Cl.c1ccc(COc2ccc(Cc3ccc(NC4=NCCN4)cc3)cc2)cc1. The first-order valence-corrected chi connectivity index (χ1v) is 9.25. The Morgan fingerprint density at radius 2 is 1.50 bits per heavy atom. The van der Waals surface area contributed by atoms with Gasteiger partial charge in [0, 0.05) is 12.2 Å². The molecule has 1 aliphatic heterocycles. The van der Waals surface area contributed by atoms with Crippen molar-refractivity contribution in [2.24, 2.45) is 4.99 Å². The Morgan fingerprint density at radius 1 is 0.821 bits per heavy atom. The molecule has 2 N–H and O–H groups in total. The van der Waals surface area contributed by atoms with E-state index >= 15 is 0 Å². The molecule has 0 radical (unpaired) electrons. The number of rotatable bonds is 6. The first-order valence-electron chi connectivity index (χ1n) is 9.25. The second kappa shape index (κ2) is 9.81. The molecule has 0 saturated heterocycles. The highest BCUT2D eigenvalue weighted by atomic mass is 35.5. The quantitative estimate of drug-likeness (QED) is 0.640. The van der Waals surface area contributed by atoms with E-state index in [0.717, 1.165) is 36.9 Å². The molecule has 0 atom stereocenters. The summed E-state index contributed by atoms with van der Waals surface area (Å²) in [4.78, 5) is 4.35. The summed E-state index contributed by atoms with van der Waals surface area (Å²) in [7, 11) is 0. The summed E-state index contributed by atoms with van der Waals surface area (Å²) in [5.74, 6) is 1.75. The number of aliphatic imine (C=N–C) groups is 1. The van der Waals surface area contributed by atoms with E-state index in [1.807, 2.05) is 30.3 Å². The molecule has 0 unspecified atom stereocenters. The van der Waals surface area contributed by atoms with Crippen molar-refractivity contribution in [1.29, 1.82) is 0 Å². The lowest BCUT2D eigenvalue weighted by molar-refractivity contribution is 0.306. The van der Waals surface area contributed by atoms with E-state index in [1.165, 1.54) is 16.7 Å². The van der Waals surface area contributed by atoms with Crippen LogP contribution in [0, 0.1) is 0 Å². The second-order valence-electron chi connectivity index (χ2n) is 6.57. The summed E-state index contributed by atoms with van der Waals surface area (Å²) in [5, 5.41) is 6.50. The molecule has 3 aromatic rings. The summed E-state index contributed by atoms with van der Waals surface area (Å²) in [5.41, 5.74) is 4.77. The van der Waals surface area contributed by atoms with E-state index < -0.39 is 0 Å². The lowest BCUT2D eigenvalue weighted by atomic mass is 10.0. The Morgan fingerprint density at radius 3 is 2.14 bits per heavy atom. The molecular formula is C23H24ClN3O. The third-order valence-corrected chi connectivity index (χ3v) is 4.47. The van der Waals surface area contributed by atoms with Crippen molar-refractivity contribution in [3.05, 3.63) is 95.6 Å². The number of guanidine groups is 1. The van der Waals surface area contributed by atoms with Crippen LogP contribution < -0.4 is 15.4 Å². The van der Waals surface area contributed by atoms with Gasteiger partial charge in [-0.3, -0.25) is 4.99 Å². The van der Waals surface area contributed by atoms with Gasteiger partial charge in [0.2, 0.25) is 0 Å². The maximum Gasteiger partial charge on any atom is 0.195 e. The lowest BCUT2D eigenvalue weighted by Gasteiger charge is -2.09. The number of benzene rings is 3.